The van der Waals surface area contributed by atoms with Crippen LogP contribution in [0.3, 0.4) is 0 Å². The summed E-state index contributed by atoms with van der Waals surface area (Å²) in [6.07, 6.45) is -0.305. The molecule has 6 heteroatoms. The van der Waals surface area contributed by atoms with Crippen LogP contribution in [0.1, 0.15) is 29.2 Å². The number of carbonyl (C=O) groups excluding carboxylic acids is 1. The number of aliphatic carboxylic acids is 1. The van der Waals surface area contributed by atoms with Crippen LogP contribution in [0, 0.1) is 19.7 Å². The van der Waals surface area contributed by atoms with E-state index in [0.29, 0.717) is 11.3 Å². The summed E-state index contributed by atoms with van der Waals surface area (Å²) < 4.78 is 18.6. The van der Waals surface area contributed by atoms with Gasteiger partial charge in [-0.15, -0.1) is 0 Å². The second-order valence-corrected chi connectivity index (χ2v) is 5.78. The fourth-order valence-corrected chi connectivity index (χ4v) is 2.52. The second kappa shape index (κ2) is 8.28. The van der Waals surface area contributed by atoms with Crippen molar-refractivity contribution in [1.29, 1.82) is 0 Å². The van der Waals surface area contributed by atoms with Crippen molar-refractivity contribution in [1.82, 2.24) is 5.32 Å². The van der Waals surface area contributed by atoms with Crippen molar-refractivity contribution in [2.45, 2.75) is 26.3 Å². The van der Waals surface area contributed by atoms with Crippen LogP contribution in [0.5, 0.6) is 5.75 Å². The summed E-state index contributed by atoms with van der Waals surface area (Å²) in [4.78, 5) is 23.2. The smallest absolute Gasteiger partial charge is 0.305 e. The number of nitrogens with one attached hydrogen (secondary N) is 1. The van der Waals surface area contributed by atoms with Crippen molar-refractivity contribution in [2.75, 3.05) is 6.61 Å². The summed E-state index contributed by atoms with van der Waals surface area (Å²) in [5.74, 6) is -1.31. The summed E-state index contributed by atoms with van der Waals surface area (Å²) in [7, 11) is 0. The maximum Gasteiger partial charge on any atom is 0.305 e. The van der Waals surface area contributed by atoms with E-state index in [0.717, 1.165) is 11.1 Å². The molecule has 25 heavy (non-hydrogen) atoms. The van der Waals surface area contributed by atoms with Gasteiger partial charge in [-0.2, -0.15) is 0 Å². The van der Waals surface area contributed by atoms with Crippen LogP contribution >= 0.6 is 0 Å². The lowest BCUT2D eigenvalue weighted by Crippen LogP contribution is -2.34. The minimum atomic E-state index is -1.06. The van der Waals surface area contributed by atoms with E-state index in [4.69, 9.17) is 9.84 Å². The van der Waals surface area contributed by atoms with E-state index in [1.54, 1.807) is 0 Å². The van der Waals surface area contributed by atoms with Gasteiger partial charge in [-0.1, -0.05) is 30.3 Å². The van der Waals surface area contributed by atoms with E-state index in [1.165, 1.54) is 24.3 Å². The SMILES string of the molecule is Cc1cccc(C)c1OCC(=O)NC(CC(=O)O)c1ccc(F)cc1. The number of rotatable bonds is 7. The van der Waals surface area contributed by atoms with Gasteiger partial charge in [0.15, 0.2) is 6.61 Å². The van der Waals surface area contributed by atoms with Crippen LogP contribution in [-0.2, 0) is 9.59 Å². The third-order valence-corrected chi connectivity index (χ3v) is 3.74. The zero-order valence-corrected chi connectivity index (χ0v) is 14.1. The molecule has 1 unspecified atom stereocenters. The first-order valence-electron chi connectivity index (χ1n) is 7.82. The first kappa shape index (κ1) is 18.4. The summed E-state index contributed by atoms with van der Waals surface area (Å²) in [5, 5.41) is 11.7. The Kier molecular flexibility index (Phi) is 6.11. The van der Waals surface area contributed by atoms with Gasteiger partial charge >= 0.3 is 5.97 Å². The van der Waals surface area contributed by atoms with E-state index < -0.39 is 23.7 Å². The molecule has 2 aromatic rings. The number of para-hydroxylation sites is 1. The first-order valence-corrected chi connectivity index (χ1v) is 7.82. The van der Waals surface area contributed by atoms with E-state index in [-0.39, 0.29) is 13.0 Å². The molecule has 2 aromatic carbocycles. The van der Waals surface area contributed by atoms with Gasteiger partial charge in [0.1, 0.15) is 11.6 Å². The number of amides is 1. The molecule has 1 atom stereocenters. The van der Waals surface area contributed by atoms with Gasteiger partial charge in [-0.25, -0.2) is 4.39 Å². The molecule has 132 valence electrons. The van der Waals surface area contributed by atoms with Gasteiger partial charge in [-0.3, -0.25) is 9.59 Å². The topological polar surface area (TPSA) is 75.6 Å². The Morgan fingerprint density at radius 2 is 1.72 bits per heavy atom. The third kappa shape index (κ3) is 5.31. The Labute approximate surface area is 145 Å². The van der Waals surface area contributed by atoms with Gasteiger partial charge in [0.25, 0.3) is 5.91 Å². The largest absolute Gasteiger partial charge is 0.483 e. The molecule has 0 saturated heterocycles. The lowest BCUT2D eigenvalue weighted by molar-refractivity contribution is -0.137. The van der Waals surface area contributed by atoms with Crippen molar-refractivity contribution < 1.29 is 23.8 Å². The number of ether oxygens (including phenoxy) is 1. The highest BCUT2D eigenvalue weighted by Crippen LogP contribution is 2.22. The Hall–Kier alpha value is -2.89. The summed E-state index contributed by atoms with van der Waals surface area (Å²) >= 11 is 0. The molecule has 2 rings (SSSR count). The lowest BCUT2D eigenvalue weighted by Gasteiger charge is -2.18. The highest BCUT2D eigenvalue weighted by atomic mass is 19.1. The van der Waals surface area contributed by atoms with Crippen LogP contribution in [0.4, 0.5) is 4.39 Å². The molecule has 0 aliphatic heterocycles. The van der Waals surface area contributed by atoms with Gasteiger partial charge in [-0.05, 0) is 42.7 Å². The van der Waals surface area contributed by atoms with Crippen LogP contribution < -0.4 is 10.1 Å². The number of hydrogen-bond acceptors (Lipinski definition) is 3. The number of benzene rings is 2. The van der Waals surface area contributed by atoms with E-state index >= 15 is 0 Å². The molecule has 0 spiro atoms. The van der Waals surface area contributed by atoms with Gasteiger partial charge in [0.05, 0.1) is 12.5 Å². The number of halogens is 1. The fourth-order valence-electron chi connectivity index (χ4n) is 2.52. The summed E-state index contributed by atoms with van der Waals surface area (Å²) in [6, 6.07) is 10.3. The first-order chi connectivity index (χ1) is 11.9. The minimum absolute atomic E-state index is 0.233. The van der Waals surface area contributed by atoms with Crippen LogP contribution in [-0.4, -0.2) is 23.6 Å². The molecule has 0 radical (unpaired) electrons. The molecular weight excluding hydrogens is 325 g/mol. The number of hydrogen-bond donors (Lipinski definition) is 2. The van der Waals surface area contributed by atoms with Crippen LogP contribution in [0.2, 0.25) is 0 Å². The predicted octanol–water partition coefficient (Wildman–Crippen LogP) is 3.15. The average Bonchev–Trinajstić information content (AvgIpc) is 2.54. The molecule has 1 amide bonds. The van der Waals surface area contributed by atoms with Crippen molar-refractivity contribution >= 4 is 11.9 Å². The highest BCUT2D eigenvalue weighted by molar-refractivity contribution is 5.79. The summed E-state index contributed by atoms with van der Waals surface area (Å²) in [5.41, 5.74) is 2.34. The molecule has 0 aliphatic carbocycles. The third-order valence-electron chi connectivity index (χ3n) is 3.74. The Morgan fingerprint density at radius 1 is 1.12 bits per heavy atom. The normalized spacial score (nSPS) is 11.6. The quantitative estimate of drug-likeness (QED) is 0.808. The number of carbonyl (C=O) groups is 2. The average molecular weight is 345 g/mol. The molecule has 0 heterocycles. The minimum Gasteiger partial charge on any atom is -0.483 e. The monoisotopic (exact) mass is 345 g/mol. The van der Waals surface area contributed by atoms with Crippen molar-refractivity contribution in [3.63, 3.8) is 0 Å². The van der Waals surface area contributed by atoms with Crippen molar-refractivity contribution in [3.8, 4) is 5.75 Å². The molecular formula is C19H20FNO4. The number of carboxylic acid groups (broad SMARTS) is 1. The van der Waals surface area contributed by atoms with Crippen LogP contribution in [0.15, 0.2) is 42.5 Å². The zero-order chi connectivity index (χ0) is 18.4. The highest BCUT2D eigenvalue weighted by Gasteiger charge is 2.19. The van der Waals surface area contributed by atoms with Gasteiger partial charge in [0.2, 0.25) is 0 Å². The van der Waals surface area contributed by atoms with Gasteiger partial charge < -0.3 is 15.2 Å². The van der Waals surface area contributed by atoms with Gasteiger partial charge in [0, 0.05) is 0 Å². The van der Waals surface area contributed by atoms with E-state index in [2.05, 4.69) is 5.32 Å². The molecule has 0 bridgehead atoms. The maximum absolute atomic E-state index is 13.0. The molecule has 0 fully saturated rings. The Bertz CT molecular complexity index is 738. The maximum atomic E-state index is 13.0. The molecule has 5 nitrogen and oxygen atoms in total. The zero-order valence-electron chi connectivity index (χ0n) is 14.1. The van der Waals surface area contributed by atoms with Crippen molar-refractivity contribution in [3.05, 3.63) is 65.0 Å². The van der Waals surface area contributed by atoms with Crippen LogP contribution in [0.25, 0.3) is 0 Å². The lowest BCUT2D eigenvalue weighted by atomic mass is 10.0. The summed E-state index contributed by atoms with van der Waals surface area (Å²) in [6.45, 7) is 3.53. The van der Waals surface area contributed by atoms with E-state index in [1.807, 2.05) is 32.0 Å². The molecule has 0 aromatic heterocycles. The van der Waals surface area contributed by atoms with E-state index in [9.17, 15) is 14.0 Å². The van der Waals surface area contributed by atoms with Crippen molar-refractivity contribution in [2.24, 2.45) is 0 Å². The number of carboxylic acids is 1. The molecule has 2 N–H and O–H groups in total. The fraction of sp³-hybridized carbons (Fsp3) is 0.263. The predicted molar refractivity (Wildman–Crippen MR) is 90.9 cm³/mol. The molecule has 0 aliphatic rings. The Morgan fingerprint density at radius 3 is 2.28 bits per heavy atom. The standard InChI is InChI=1S/C19H20FNO4/c1-12-4-3-5-13(2)19(12)25-11-17(22)21-16(10-18(23)24)14-6-8-15(20)9-7-14/h3-9,16H,10-11H2,1-2H3,(H,21,22)(H,23,24). The molecule has 0 saturated carbocycles. The number of aryl methyl sites for hydroxylation is 2. The Balaban J connectivity index is 2.04. The second-order valence-electron chi connectivity index (χ2n) is 5.78.